The van der Waals surface area contributed by atoms with Gasteiger partial charge in [0.2, 0.25) is 0 Å². The van der Waals surface area contributed by atoms with E-state index in [1.54, 1.807) is 0 Å². The van der Waals surface area contributed by atoms with Crippen molar-refractivity contribution in [1.82, 2.24) is 0 Å². The second kappa shape index (κ2) is 2.99. The maximum absolute atomic E-state index is 5.64. The fourth-order valence-electron chi connectivity index (χ4n) is 0.955. The van der Waals surface area contributed by atoms with Crippen molar-refractivity contribution in [3.05, 3.63) is 11.6 Å². The van der Waals surface area contributed by atoms with E-state index >= 15 is 0 Å². The molecule has 52 valence electrons. The van der Waals surface area contributed by atoms with E-state index in [0.717, 1.165) is 19.6 Å². The second-order valence-corrected chi connectivity index (χ2v) is 2.39. The van der Waals surface area contributed by atoms with Gasteiger partial charge in [-0.15, -0.1) is 0 Å². The lowest BCUT2D eigenvalue weighted by atomic mass is 10.1. The summed E-state index contributed by atoms with van der Waals surface area (Å²) in [6, 6.07) is 0.217. The molecule has 0 aromatic heterocycles. The number of rotatable bonds is 1. The van der Waals surface area contributed by atoms with Crippen LogP contribution >= 0.6 is 0 Å². The van der Waals surface area contributed by atoms with Crippen LogP contribution in [0.2, 0.25) is 0 Å². The molecule has 1 rings (SSSR count). The number of hydrogen-bond donors (Lipinski definition) is 1. The van der Waals surface area contributed by atoms with Crippen molar-refractivity contribution in [2.24, 2.45) is 5.73 Å². The van der Waals surface area contributed by atoms with Crippen LogP contribution in [0.15, 0.2) is 11.6 Å². The van der Waals surface area contributed by atoms with Crippen molar-refractivity contribution in [2.75, 3.05) is 13.2 Å². The fourth-order valence-corrected chi connectivity index (χ4v) is 0.955. The Labute approximate surface area is 55.7 Å². The highest BCUT2D eigenvalue weighted by atomic mass is 16.5. The lowest BCUT2D eigenvalue weighted by molar-refractivity contribution is 0.153. The molecule has 2 N–H and O–H groups in total. The molecule has 1 aliphatic heterocycles. The van der Waals surface area contributed by atoms with Crippen LogP contribution in [0.25, 0.3) is 0 Å². The molecule has 1 heterocycles. The Bertz CT molecular complexity index is 118. The minimum Gasteiger partial charge on any atom is -0.377 e. The molecule has 9 heavy (non-hydrogen) atoms. The fraction of sp³-hybridized carbons (Fsp3) is 0.714. The second-order valence-electron chi connectivity index (χ2n) is 2.39. The summed E-state index contributed by atoms with van der Waals surface area (Å²) in [4.78, 5) is 0. The van der Waals surface area contributed by atoms with E-state index in [1.165, 1.54) is 5.57 Å². The van der Waals surface area contributed by atoms with Crippen molar-refractivity contribution in [1.29, 1.82) is 0 Å². The Hall–Kier alpha value is -0.340. The Morgan fingerprint density at radius 1 is 1.78 bits per heavy atom. The highest BCUT2D eigenvalue weighted by Gasteiger charge is 2.06. The van der Waals surface area contributed by atoms with Crippen LogP contribution in [0.3, 0.4) is 0 Å². The molecule has 1 unspecified atom stereocenters. The van der Waals surface area contributed by atoms with Gasteiger partial charge < -0.3 is 10.5 Å². The van der Waals surface area contributed by atoms with E-state index in [2.05, 4.69) is 6.08 Å². The largest absolute Gasteiger partial charge is 0.377 e. The monoisotopic (exact) mass is 127 g/mol. The Kier molecular flexibility index (Phi) is 2.25. The smallest absolute Gasteiger partial charge is 0.0650 e. The van der Waals surface area contributed by atoms with Crippen LogP contribution in [0.5, 0.6) is 0 Å². The van der Waals surface area contributed by atoms with Crippen LogP contribution in [0.1, 0.15) is 13.3 Å². The predicted octanol–water partition coefficient (Wildman–Crippen LogP) is 0.680. The molecule has 0 fully saturated rings. The van der Waals surface area contributed by atoms with E-state index < -0.39 is 0 Å². The highest BCUT2D eigenvalue weighted by Crippen LogP contribution is 2.09. The predicted molar refractivity (Wildman–Crippen MR) is 37.2 cm³/mol. The lowest BCUT2D eigenvalue weighted by Gasteiger charge is -2.15. The van der Waals surface area contributed by atoms with Gasteiger partial charge in [-0.1, -0.05) is 11.6 Å². The zero-order valence-electron chi connectivity index (χ0n) is 5.76. The van der Waals surface area contributed by atoms with E-state index in [9.17, 15) is 0 Å². The molecule has 2 heteroatoms. The molecule has 2 nitrogen and oxygen atoms in total. The van der Waals surface area contributed by atoms with Gasteiger partial charge in [0.15, 0.2) is 0 Å². The average molecular weight is 127 g/mol. The summed E-state index contributed by atoms with van der Waals surface area (Å²) in [6.07, 6.45) is 3.09. The molecule has 1 atom stereocenters. The summed E-state index contributed by atoms with van der Waals surface area (Å²) in [7, 11) is 0. The number of ether oxygens (including phenoxy) is 1. The van der Waals surface area contributed by atoms with Crippen molar-refractivity contribution in [3.8, 4) is 0 Å². The Morgan fingerprint density at radius 2 is 2.56 bits per heavy atom. The summed E-state index contributed by atoms with van der Waals surface area (Å²) in [6.45, 7) is 3.60. The third-order valence-corrected chi connectivity index (χ3v) is 1.58. The summed E-state index contributed by atoms with van der Waals surface area (Å²) < 4.78 is 5.12. The molecule has 0 aromatic rings. The molecule has 0 saturated heterocycles. The topological polar surface area (TPSA) is 35.2 Å². The SMILES string of the molecule is CC(N)C1=CCOCC1. The standard InChI is InChI=1S/C7H13NO/c1-6(8)7-2-4-9-5-3-7/h2,6H,3-5,8H2,1H3. The van der Waals surface area contributed by atoms with Gasteiger partial charge in [-0.2, -0.15) is 0 Å². The maximum Gasteiger partial charge on any atom is 0.0650 e. The van der Waals surface area contributed by atoms with Crippen LogP contribution < -0.4 is 5.73 Å². The zero-order chi connectivity index (χ0) is 6.69. The molecule has 0 amide bonds. The molecule has 0 aromatic carbocycles. The normalized spacial score (nSPS) is 23.1. The molecule has 0 bridgehead atoms. The van der Waals surface area contributed by atoms with Crippen molar-refractivity contribution in [3.63, 3.8) is 0 Å². The number of nitrogens with two attached hydrogens (primary N) is 1. The van der Waals surface area contributed by atoms with Crippen molar-refractivity contribution in [2.45, 2.75) is 19.4 Å². The summed E-state index contributed by atoms with van der Waals surface area (Å²) in [5.74, 6) is 0. The van der Waals surface area contributed by atoms with Gasteiger partial charge in [0, 0.05) is 6.04 Å². The van der Waals surface area contributed by atoms with E-state index in [4.69, 9.17) is 10.5 Å². The zero-order valence-corrected chi connectivity index (χ0v) is 5.76. The third-order valence-electron chi connectivity index (χ3n) is 1.58. The average Bonchev–Trinajstić information content (AvgIpc) is 1.90. The summed E-state index contributed by atoms with van der Waals surface area (Å²) in [5, 5.41) is 0. The first-order valence-electron chi connectivity index (χ1n) is 3.33. The Balaban J connectivity index is 2.46. The van der Waals surface area contributed by atoms with Gasteiger partial charge in [0.25, 0.3) is 0 Å². The van der Waals surface area contributed by atoms with Gasteiger partial charge in [-0.25, -0.2) is 0 Å². The van der Waals surface area contributed by atoms with Gasteiger partial charge in [-0.05, 0) is 13.3 Å². The van der Waals surface area contributed by atoms with E-state index in [1.807, 2.05) is 6.92 Å². The van der Waals surface area contributed by atoms with Crippen molar-refractivity contribution < 1.29 is 4.74 Å². The third kappa shape index (κ3) is 1.80. The van der Waals surface area contributed by atoms with E-state index in [-0.39, 0.29) is 6.04 Å². The summed E-state index contributed by atoms with van der Waals surface area (Å²) >= 11 is 0. The molecular weight excluding hydrogens is 114 g/mol. The minimum atomic E-state index is 0.217. The first-order chi connectivity index (χ1) is 4.30. The molecule has 0 spiro atoms. The van der Waals surface area contributed by atoms with Crippen LogP contribution in [-0.4, -0.2) is 19.3 Å². The molecular formula is C7H13NO. The first kappa shape index (κ1) is 6.78. The molecule has 0 aliphatic carbocycles. The lowest BCUT2D eigenvalue weighted by Crippen LogP contribution is -2.21. The summed E-state index contributed by atoms with van der Waals surface area (Å²) in [5.41, 5.74) is 6.98. The van der Waals surface area contributed by atoms with Gasteiger partial charge in [0.1, 0.15) is 0 Å². The molecule has 0 saturated carbocycles. The van der Waals surface area contributed by atoms with Crippen molar-refractivity contribution >= 4 is 0 Å². The molecule has 1 aliphatic rings. The van der Waals surface area contributed by atoms with Gasteiger partial charge >= 0.3 is 0 Å². The first-order valence-corrected chi connectivity index (χ1v) is 3.33. The number of hydrogen-bond acceptors (Lipinski definition) is 2. The Morgan fingerprint density at radius 3 is 2.89 bits per heavy atom. The van der Waals surface area contributed by atoms with Gasteiger partial charge in [-0.3, -0.25) is 0 Å². The van der Waals surface area contributed by atoms with Crippen LogP contribution in [0, 0.1) is 0 Å². The minimum absolute atomic E-state index is 0.217. The highest BCUT2D eigenvalue weighted by molar-refractivity contribution is 5.10. The van der Waals surface area contributed by atoms with Crippen LogP contribution in [-0.2, 0) is 4.74 Å². The molecule has 0 radical (unpaired) electrons. The quantitative estimate of drug-likeness (QED) is 0.526. The van der Waals surface area contributed by atoms with Gasteiger partial charge in [0.05, 0.1) is 13.2 Å². The van der Waals surface area contributed by atoms with E-state index in [0.29, 0.717) is 0 Å². The maximum atomic E-state index is 5.64. The van der Waals surface area contributed by atoms with Crippen LogP contribution in [0.4, 0.5) is 0 Å².